The Balaban J connectivity index is 2.88. The van der Waals surface area contributed by atoms with Gasteiger partial charge in [0.1, 0.15) is 0 Å². The first kappa shape index (κ1) is 11.2. The number of halogens is 1. The van der Waals surface area contributed by atoms with E-state index in [1.807, 2.05) is 24.3 Å². The lowest BCUT2D eigenvalue weighted by Crippen LogP contribution is -2.26. The fraction of sp³-hybridized carbons (Fsp3) is 0.364. The maximum Gasteiger partial charge on any atom is 0.0790 e. The van der Waals surface area contributed by atoms with Crippen LogP contribution >= 0.6 is 15.9 Å². The van der Waals surface area contributed by atoms with Crippen LogP contribution < -0.4 is 5.11 Å². The Morgan fingerprint density at radius 1 is 1.21 bits per heavy atom. The van der Waals surface area contributed by atoms with Gasteiger partial charge in [0.05, 0.1) is 10.8 Å². The largest absolute Gasteiger partial charge is 0.549 e. The molecule has 76 valence electrons. The summed E-state index contributed by atoms with van der Waals surface area (Å²) in [5, 5.41) is 10.6. The smallest absolute Gasteiger partial charge is 0.0790 e. The molecule has 2 nitrogen and oxygen atoms in total. The first-order valence-electron chi connectivity index (χ1n) is 4.47. The normalized spacial score (nSPS) is 12.9. The number of aliphatic carboxylic acids is 1. The third kappa shape index (κ3) is 2.58. The summed E-state index contributed by atoms with van der Waals surface area (Å²) >= 11 is 3.05. The van der Waals surface area contributed by atoms with Crippen LogP contribution in [0.3, 0.4) is 0 Å². The number of carboxylic acids is 1. The maximum atomic E-state index is 10.6. The number of alkyl halides is 1. The van der Waals surface area contributed by atoms with Crippen molar-refractivity contribution in [2.45, 2.75) is 24.6 Å². The summed E-state index contributed by atoms with van der Waals surface area (Å²) in [4.78, 5) is 9.84. The van der Waals surface area contributed by atoms with Crippen LogP contribution in [0, 0.1) is 0 Å². The number of rotatable bonds is 3. The van der Waals surface area contributed by atoms with E-state index < -0.39 is 10.8 Å². The highest BCUT2D eigenvalue weighted by Gasteiger charge is 2.08. The molecule has 1 aromatic rings. The minimum atomic E-state index is -1.11. The molecule has 0 spiro atoms. The fourth-order valence-electron chi connectivity index (χ4n) is 1.19. The van der Waals surface area contributed by atoms with E-state index in [0.717, 1.165) is 5.56 Å². The van der Waals surface area contributed by atoms with Gasteiger partial charge in [0.2, 0.25) is 0 Å². The lowest BCUT2D eigenvalue weighted by atomic mass is 10.0. The molecule has 0 bridgehead atoms. The van der Waals surface area contributed by atoms with Crippen LogP contribution in [0.2, 0.25) is 0 Å². The molecule has 0 saturated heterocycles. The van der Waals surface area contributed by atoms with Gasteiger partial charge in [0, 0.05) is 0 Å². The van der Waals surface area contributed by atoms with E-state index in [-0.39, 0.29) is 0 Å². The highest BCUT2D eigenvalue weighted by atomic mass is 79.9. The molecular formula is C11H12BrO2-. The van der Waals surface area contributed by atoms with Crippen LogP contribution in [0.25, 0.3) is 0 Å². The monoisotopic (exact) mass is 255 g/mol. The van der Waals surface area contributed by atoms with Gasteiger partial charge in [-0.1, -0.05) is 54.0 Å². The Kier molecular flexibility index (Phi) is 3.69. The van der Waals surface area contributed by atoms with Crippen molar-refractivity contribution in [3.8, 4) is 0 Å². The second kappa shape index (κ2) is 4.60. The second-order valence-electron chi connectivity index (χ2n) is 3.50. The molecule has 0 heterocycles. The van der Waals surface area contributed by atoms with E-state index in [0.29, 0.717) is 5.92 Å². The van der Waals surface area contributed by atoms with Crippen LogP contribution in [0.4, 0.5) is 0 Å². The summed E-state index contributed by atoms with van der Waals surface area (Å²) in [5.41, 5.74) is 1.92. The number of carbonyl (C=O) groups is 1. The van der Waals surface area contributed by atoms with Gasteiger partial charge in [0.25, 0.3) is 0 Å². The Bertz CT molecular complexity index is 317. The van der Waals surface area contributed by atoms with Crippen LogP contribution in [-0.2, 0) is 4.79 Å². The molecule has 14 heavy (non-hydrogen) atoms. The Morgan fingerprint density at radius 2 is 1.64 bits per heavy atom. The average molecular weight is 256 g/mol. The van der Waals surface area contributed by atoms with Crippen LogP contribution in [0.5, 0.6) is 0 Å². The Hall–Kier alpha value is -0.830. The summed E-state index contributed by atoms with van der Waals surface area (Å²) in [6.07, 6.45) is 0. The van der Waals surface area contributed by atoms with Crippen LogP contribution in [0.1, 0.15) is 35.7 Å². The van der Waals surface area contributed by atoms with Gasteiger partial charge in [-0.2, -0.15) is 0 Å². The maximum absolute atomic E-state index is 10.6. The van der Waals surface area contributed by atoms with Gasteiger partial charge in [-0.05, 0) is 17.0 Å². The number of hydrogen-bond donors (Lipinski definition) is 0. The molecule has 1 aromatic carbocycles. The second-order valence-corrected chi connectivity index (χ2v) is 4.42. The molecule has 1 atom stereocenters. The molecule has 0 radical (unpaired) electrons. The van der Waals surface area contributed by atoms with E-state index in [4.69, 9.17) is 0 Å². The van der Waals surface area contributed by atoms with Crippen LogP contribution in [-0.4, -0.2) is 5.97 Å². The molecule has 0 amide bonds. The molecule has 0 aromatic heterocycles. The molecular weight excluding hydrogens is 244 g/mol. The van der Waals surface area contributed by atoms with Gasteiger partial charge < -0.3 is 9.90 Å². The van der Waals surface area contributed by atoms with Crippen molar-refractivity contribution in [3.63, 3.8) is 0 Å². The van der Waals surface area contributed by atoms with E-state index in [1.165, 1.54) is 5.56 Å². The topological polar surface area (TPSA) is 40.1 Å². The fourth-order valence-corrected chi connectivity index (χ4v) is 1.49. The molecule has 1 rings (SSSR count). The third-order valence-electron chi connectivity index (χ3n) is 2.10. The number of benzene rings is 1. The Labute approximate surface area is 92.1 Å². The standard InChI is InChI=1S/C11H13BrO2/c1-7(2)8-3-5-9(6-4-8)10(12)11(13)14/h3-7,10H,1-2H3,(H,13,14)/p-1. The van der Waals surface area contributed by atoms with E-state index in [1.54, 1.807) is 0 Å². The van der Waals surface area contributed by atoms with Gasteiger partial charge >= 0.3 is 0 Å². The van der Waals surface area contributed by atoms with Crippen molar-refractivity contribution in [3.05, 3.63) is 35.4 Å². The number of carbonyl (C=O) groups excluding carboxylic acids is 1. The summed E-state index contributed by atoms with van der Waals surface area (Å²) in [7, 11) is 0. The van der Waals surface area contributed by atoms with Gasteiger partial charge in [-0.25, -0.2) is 0 Å². The quantitative estimate of drug-likeness (QED) is 0.776. The molecule has 3 heteroatoms. The highest BCUT2D eigenvalue weighted by Crippen LogP contribution is 2.23. The van der Waals surface area contributed by atoms with Gasteiger partial charge in [-0.3, -0.25) is 0 Å². The molecule has 0 N–H and O–H groups in total. The number of hydrogen-bond acceptors (Lipinski definition) is 2. The predicted molar refractivity (Wildman–Crippen MR) is 57.2 cm³/mol. The zero-order valence-corrected chi connectivity index (χ0v) is 9.74. The summed E-state index contributed by atoms with van der Waals surface area (Å²) in [5.74, 6) is -0.650. The zero-order chi connectivity index (χ0) is 10.7. The molecule has 0 saturated carbocycles. The van der Waals surface area contributed by atoms with Crippen molar-refractivity contribution < 1.29 is 9.90 Å². The van der Waals surface area contributed by atoms with Crippen molar-refractivity contribution in [1.29, 1.82) is 0 Å². The first-order chi connectivity index (χ1) is 6.52. The molecule has 0 fully saturated rings. The molecule has 1 unspecified atom stereocenters. The zero-order valence-electron chi connectivity index (χ0n) is 8.16. The lowest BCUT2D eigenvalue weighted by molar-refractivity contribution is -0.304. The van der Waals surface area contributed by atoms with Gasteiger partial charge in [0.15, 0.2) is 0 Å². The third-order valence-corrected chi connectivity index (χ3v) is 3.01. The lowest BCUT2D eigenvalue weighted by Gasteiger charge is -2.12. The first-order valence-corrected chi connectivity index (χ1v) is 5.38. The molecule has 0 aliphatic carbocycles. The van der Waals surface area contributed by atoms with Gasteiger partial charge in [-0.15, -0.1) is 0 Å². The van der Waals surface area contributed by atoms with Crippen molar-refractivity contribution in [1.82, 2.24) is 0 Å². The minimum Gasteiger partial charge on any atom is -0.549 e. The molecule has 0 aliphatic heterocycles. The summed E-state index contributed by atoms with van der Waals surface area (Å²) in [6, 6.07) is 7.50. The highest BCUT2D eigenvalue weighted by molar-refractivity contribution is 9.09. The molecule has 0 aliphatic rings. The number of carboxylic acid groups (broad SMARTS) is 1. The van der Waals surface area contributed by atoms with E-state index in [2.05, 4.69) is 29.8 Å². The SMILES string of the molecule is CC(C)c1ccc(C(Br)C(=O)[O-])cc1. The van der Waals surface area contributed by atoms with Crippen molar-refractivity contribution in [2.75, 3.05) is 0 Å². The van der Waals surface area contributed by atoms with E-state index in [9.17, 15) is 9.90 Å². The van der Waals surface area contributed by atoms with E-state index >= 15 is 0 Å². The van der Waals surface area contributed by atoms with Crippen molar-refractivity contribution >= 4 is 21.9 Å². The summed E-state index contributed by atoms with van der Waals surface area (Å²) < 4.78 is 0. The average Bonchev–Trinajstić information content (AvgIpc) is 2.16. The van der Waals surface area contributed by atoms with Crippen LogP contribution in [0.15, 0.2) is 24.3 Å². The summed E-state index contributed by atoms with van der Waals surface area (Å²) in [6.45, 7) is 4.19. The van der Waals surface area contributed by atoms with Crippen molar-refractivity contribution in [2.24, 2.45) is 0 Å². The Morgan fingerprint density at radius 3 is 2.00 bits per heavy atom. The predicted octanol–water partition coefficient (Wildman–Crippen LogP) is 2.00. The minimum absolute atomic E-state index is 0.459.